The lowest BCUT2D eigenvalue weighted by molar-refractivity contribution is -0.176. The summed E-state index contributed by atoms with van der Waals surface area (Å²) in [5.74, 6) is -5.00. The Labute approximate surface area is 204 Å². The average molecular weight is 502 g/mol. The van der Waals surface area contributed by atoms with Gasteiger partial charge in [0.2, 0.25) is 5.69 Å². The quantitative estimate of drug-likeness (QED) is 0.342. The summed E-state index contributed by atoms with van der Waals surface area (Å²) in [4.78, 5) is 75.7. The predicted octanol–water partition coefficient (Wildman–Crippen LogP) is -0.528. The third-order valence-electron chi connectivity index (χ3n) is 5.39. The van der Waals surface area contributed by atoms with Gasteiger partial charge < -0.3 is 19.5 Å². The van der Waals surface area contributed by atoms with Crippen LogP contribution in [0.15, 0.2) is 39.9 Å². The van der Waals surface area contributed by atoms with Crippen LogP contribution in [0.5, 0.6) is 0 Å². The molecule has 2 aromatic rings. The summed E-state index contributed by atoms with van der Waals surface area (Å²) in [6, 6.07) is 7.44. The van der Waals surface area contributed by atoms with Crippen LogP contribution in [0.4, 0.5) is 0 Å². The number of benzene rings is 1. The van der Waals surface area contributed by atoms with Gasteiger partial charge in [0.15, 0.2) is 12.1 Å². The maximum atomic E-state index is 13.1. The SMILES string of the molecule is CC(C)C(=O)OC1C(C)OC(=O)C(NC(=O)c2n[nH]c(=O)[nH]c2=O)COC(=O)C1Cc1ccccc1. The first-order valence-corrected chi connectivity index (χ1v) is 11.2. The van der Waals surface area contributed by atoms with Crippen molar-refractivity contribution in [1.82, 2.24) is 20.5 Å². The second-order valence-electron chi connectivity index (χ2n) is 8.51. The molecule has 1 amide bonds. The first-order valence-electron chi connectivity index (χ1n) is 11.2. The van der Waals surface area contributed by atoms with Crippen molar-refractivity contribution in [1.29, 1.82) is 0 Å². The molecule has 1 fully saturated rings. The maximum Gasteiger partial charge on any atom is 0.342 e. The van der Waals surface area contributed by atoms with Gasteiger partial charge >= 0.3 is 23.6 Å². The number of cyclic esters (lactones) is 2. The Morgan fingerprint density at radius 3 is 2.47 bits per heavy atom. The summed E-state index contributed by atoms with van der Waals surface area (Å²) in [7, 11) is 0. The molecule has 1 aromatic carbocycles. The molecule has 4 unspecified atom stereocenters. The van der Waals surface area contributed by atoms with Gasteiger partial charge in [-0.2, -0.15) is 5.10 Å². The molecule has 4 atom stereocenters. The molecule has 0 saturated carbocycles. The van der Waals surface area contributed by atoms with Crippen LogP contribution < -0.4 is 16.6 Å². The smallest absolute Gasteiger partial charge is 0.342 e. The van der Waals surface area contributed by atoms with Crippen molar-refractivity contribution in [3.63, 3.8) is 0 Å². The molecular formula is C23H26N4O9. The molecule has 3 N–H and O–H groups in total. The molecule has 0 radical (unpaired) electrons. The van der Waals surface area contributed by atoms with Crippen LogP contribution in [0.1, 0.15) is 36.8 Å². The molecule has 0 aliphatic carbocycles. The predicted molar refractivity (Wildman–Crippen MR) is 122 cm³/mol. The third kappa shape index (κ3) is 6.43. The van der Waals surface area contributed by atoms with E-state index in [1.54, 1.807) is 44.2 Å². The number of carbonyl (C=O) groups excluding carboxylic acids is 4. The lowest BCUT2D eigenvalue weighted by Gasteiger charge is -2.29. The number of nitrogens with one attached hydrogen (secondary N) is 3. The van der Waals surface area contributed by atoms with Crippen LogP contribution in [0.25, 0.3) is 0 Å². The average Bonchev–Trinajstić information content (AvgIpc) is 2.86. The van der Waals surface area contributed by atoms with Gasteiger partial charge in [0.1, 0.15) is 18.6 Å². The van der Waals surface area contributed by atoms with E-state index in [-0.39, 0.29) is 6.42 Å². The molecule has 13 heteroatoms. The minimum Gasteiger partial charge on any atom is -0.463 e. The van der Waals surface area contributed by atoms with E-state index in [0.717, 1.165) is 5.56 Å². The zero-order chi connectivity index (χ0) is 26.4. The van der Waals surface area contributed by atoms with Gasteiger partial charge in [-0.1, -0.05) is 44.2 Å². The van der Waals surface area contributed by atoms with Crippen LogP contribution in [-0.4, -0.2) is 63.9 Å². The fourth-order valence-electron chi connectivity index (χ4n) is 3.48. The Morgan fingerprint density at radius 2 is 1.83 bits per heavy atom. The van der Waals surface area contributed by atoms with Crippen molar-refractivity contribution < 1.29 is 33.4 Å². The molecular weight excluding hydrogens is 476 g/mol. The molecule has 1 aliphatic rings. The largest absolute Gasteiger partial charge is 0.463 e. The van der Waals surface area contributed by atoms with Gasteiger partial charge in [0, 0.05) is 0 Å². The first-order chi connectivity index (χ1) is 17.1. The molecule has 1 aromatic heterocycles. The minimum atomic E-state index is -1.51. The number of ether oxygens (including phenoxy) is 3. The lowest BCUT2D eigenvalue weighted by Crippen LogP contribution is -2.48. The number of aromatic nitrogens is 3. The Bertz CT molecular complexity index is 1240. The van der Waals surface area contributed by atoms with Gasteiger partial charge in [-0.15, -0.1) is 0 Å². The van der Waals surface area contributed by atoms with Gasteiger partial charge in [0.05, 0.1) is 5.92 Å². The summed E-state index contributed by atoms with van der Waals surface area (Å²) < 4.78 is 16.4. The molecule has 192 valence electrons. The fraction of sp³-hybridized carbons (Fsp3) is 0.435. The Hall–Kier alpha value is -4.29. The van der Waals surface area contributed by atoms with Crippen LogP contribution in [0.3, 0.4) is 0 Å². The highest BCUT2D eigenvalue weighted by Crippen LogP contribution is 2.24. The Kier molecular flexibility index (Phi) is 8.35. The Morgan fingerprint density at radius 1 is 1.14 bits per heavy atom. The number of carbonyl (C=O) groups is 4. The number of hydrogen-bond donors (Lipinski definition) is 3. The van der Waals surface area contributed by atoms with E-state index in [1.165, 1.54) is 6.92 Å². The van der Waals surface area contributed by atoms with Gasteiger partial charge in [-0.05, 0) is 18.9 Å². The van der Waals surface area contributed by atoms with Crippen LogP contribution in [0, 0.1) is 11.8 Å². The summed E-state index contributed by atoms with van der Waals surface area (Å²) >= 11 is 0. The number of esters is 3. The van der Waals surface area contributed by atoms with E-state index in [0.29, 0.717) is 0 Å². The number of hydrogen-bond acceptors (Lipinski definition) is 10. The summed E-state index contributed by atoms with van der Waals surface area (Å²) in [6.07, 6.45) is -2.13. The minimum absolute atomic E-state index is 0.130. The van der Waals surface area contributed by atoms with Gasteiger partial charge in [-0.25, -0.2) is 14.7 Å². The van der Waals surface area contributed by atoms with E-state index in [2.05, 4.69) is 10.4 Å². The van der Waals surface area contributed by atoms with Crippen LogP contribution >= 0.6 is 0 Å². The molecule has 1 saturated heterocycles. The second-order valence-corrected chi connectivity index (χ2v) is 8.51. The number of amides is 1. The van der Waals surface area contributed by atoms with Crippen LogP contribution in [0.2, 0.25) is 0 Å². The number of H-pyrrole nitrogens is 2. The van der Waals surface area contributed by atoms with E-state index in [4.69, 9.17) is 14.2 Å². The molecule has 2 heterocycles. The molecule has 1 aliphatic heterocycles. The first kappa shape index (κ1) is 26.3. The van der Waals surface area contributed by atoms with E-state index >= 15 is 0 Å². The Balaban J connectivity index is 1.88. The molecule has 0 bridgehead atoms. The number of nitrogens with zero attached hydrogens (tertiary/aromatic N) is 1. The van der Waals surface area contributed by atoms with E-state index < -0.39 is 77.5 Å². The molecule has 13 nitrogen and oxygen atoms in total. The van der Waals surface area contributed by atoms with Crippen molar-refractivity contribution in [2.24, 2.45) is 11.8 Å². The highest BCUT2D eigenvalue weighted by atomic mass is 16.6. The summed E-state index contributed by atoms with van der Waals surface area (Å²) in [5.41, 5.74) is -1.96. The third-order valence-corrected chi connectivity index (χ3v) is 5.39. The van der Waals surface area contributed by atoms with Crippen molar-refractivity contribution >= 4 is 23.8 Å². The second kappa shape index (κ2) is 11.4. The number of aromatic amines is 2. The standard InChI is InChI=1S/C23H26N4O9/c1-11(2)20(30)36-17-12(3)35-22(32)15(24-18(28)16-19(29)25-23(33)27-26-16)10-34-21(31)14(17)9-13-7-5-4-6-8-13/h4-8,11-12,14-15,17H,9-10H2,1-3H3,(H,24,28)(H2,25,27,29,33). The highest BCUT2D eigenvalue weighted by Gasteiger charge is 2.42. The molecule has 3 rings (SSSR count). The molecule has 36 heavy (non-hydrogen) atoms. The summed E-state index contributed by atoms with van der Waals surface area (Å²) in [5, 5.41) is 7.49. The summed E-state index contributed by atoms with van der Waals surface area (Å²) in [6.45, 7) is 4.08. The fourth-order valence-corrected chi connectivity index (χ4v) is 3.48. The lowest BCUT2D eigenvalue weighted by atomic mass is 9.91. The topological polar surface area (TPSA) is 187 Å². The molecule has 0 spiro atoms. The highest BCUT2D eigenvalue weighted by molar-refractivity contribution is 5.95. The normalized spacial score (nSPS) is 22.4. The van der Waals surface area contributed by atoms with Crippen molar-refractivity contribution in [3.8, 4) is 0 Å². The van der Waals surface area contributed by atoms with Gasteiger partial charge in [-0.3, -0.25) is 24.2 Å². The zero-order valence-electron chi connectivity index (χ0n) is 19.8. The van der Waals surface area contributed by atoms with Crippen LogP contribution in [-0.2, 0) is 35.0 Å². The van der Waals surface area contributed by atoms with E-state index in [9.17, 15) is 28.8 Å². The van der Waals surface area contributed by atoms with Gasteiger partial charge in [0.25, 0.3) is 11.5 Å². The van der Waals surface area contributed by atoms with E-state index in [1.807, 2.05) is 10.1 Å². The maximum absolute atomic E-state index is 13.1. The zero-order valence-corrected chi connectivity index (χ0v) is 19.8. The van der Waals surface area contributed by atoms with Crippen molar-refractivity contribution in [2.75, 3.05) is 6.61 Å². The monoisotopic (exact) mass is 502 g/mol. The number of rotatable bonds is 6. The van der Waals surface area contributed by atoms with Crippen molar-refractivity contribution in [3.05, 3.63) is 62.4 Å². The van der Waals surface area contributed by atoms with Crippen molar-refractivity contribution in [2.45, 2.75) is 45.4 Å².